The van der Waals surface area contributed by atoms with E-state index in [0.717, 1.165) is 22.7 Å². The Morgan fingerprint density at radius 1 is 1.35 bits per heavy atom. The first-order valence-corrected chi connectivity index (χ1v) is 7.60. The van der Waals surface area contributed by atoms with E-state index in [1.807, 2.05) is 29.6 Å². The summed E-state index contributed by atoms with van der Waals surface area (Å²) in [5.41, 5.74) is 1.87. The van der Waals surface area contributed by atoms with Crippen molar-refractivity contribution in [1.82, 2.24) is 10.3 Å². The van der Waals surface area contributed by atoms with Gasteiger partial charge in [0.15, 0.2) is 0 Å². The van der Waals surface area contributed by atoms with E-state index in [-0.39, 0.29) is 5.91 Å². The molecule has 5 heteroatoms. The zero-order valence-corrected chi connectivity index (χ0v) is 12.5. The number of hydrogen-bond acceptors (Lipinski definition) is 4. The van der Waals surface area contributed by atoms with Crippen LogP contribution in [0, 0.1) is 0 Å². The van der Waals surface area contributed by atoms with Crippen LogP contribution in [0.15, 0.2) is 35.8 Å². The quantitative estimate of drug-likeness (QED) is 0.859. The Morgan fingerprint density at radius 3 is 2.70 bits per heavy atom. The third-order valence-corrected chi connectivity index (χ3v) is 3.89. The van der Waals surface area contributed by atoms with Gasteiger partial charge in [-0.3, -0.25) is 4.79 Å². The predicted molar refractivity (Wildman–Crippen MR) is 83.9 cm³/mol. The van der Waals surface area contributed by atoms with E-state index in [4.69, 9.17) is 0 Å². The van der Waals surface area contributed by atoms with E-state index in [2.05, 4.69) is 29.5 Å². The number of carbonyl (C=O) groups excluding carboxylic acids is 1. The normalized spacial score (nSPS) is 12.1. The summed E-state index contributed by atoms with van der Waals surface area (Å²) >= 11 is 1.60. The van der Waals surface area contributed by atoms with Crippen molar-refractivity contribution in [3.05, 3.63) is 35.8 Å². The summed E-state index contributed by atoms with van der Waals surface area (Å²) < 4.78 is 0. The number of amides is 1. The fourth-order valence-electron chi connectivity index (χ4n) is 1.68. The molecule has 1 aromatic heterocycles. The molecule has 0 aliphatic rings. The second-order valence-electron chi connectivity index (χ2n) is 4.65. The second kappa shape index (κ2) is 7.17. The molecule has 1 unspecified atom stereocenters. The van der Waals surface area contributed by atoms with Crippen molar-refractivity contribution in [1.29, 1.82) is 0 Å². The van der Waals surface area contributed by atoms with E-state index in [1.165, 1.54) is 0 Å². The van der Waals surface area contributed by atoms with Gasteiger partial charge >= 0.3 is 0 Å². The van der Waals surface area contributed by atoms with Gasteiger partial charge in [-0.2, -0.15) is 0 Å². The largest absolute Gasteiger partial charge is 0.325 e. The maximum atomic E-state index is 11.8. The first-order valence-electron chi connectivity index (χ1n) is 6.72. The number of anilines is 1. The molecule has 1 atom stereocenters. The van der Waals surface area contributed by atoms with Crippen LogP contribution >= 0.6 is 11.3 Å². The molecular formula is C15H19N3OS. The summed E-state index contributed by atoms with van der Waals surface area (Å²) in [5, 5.41) is 8.98. The van der Waals surface area contributed by atoms with E-state index in [0.29, 0.717) is 12.6 Å². The minimum atomic E-state index is -0.0210. The Bertz CT molecular complexity index is 537. The van der Waals surface area contributed by atoms with Crippen LogP contribution in [0.3, 0.4) is 0 Å². The molecule has 1 heterocycles. The van der Waals surface area contributed by atoms with Gasteiger partial charge in [-0.25, -0.2) is 4.98 Å². The lowest BCUT2D eigenvalue weighted by molar-refractivity contribution is -0.115. The molecule has 20 heavy (non-hydrogen) atoms. The first kappa shape index (κ1) is 14.7. The highest BCUT2D eigenvalue weighted by Crippen LogP contribution is 2.23. The number of rotatable bonds is 6. The van der Waals surface area contributed by atoms with E-state index in [9.17, 15) is 4.79 Å². The summed E-state index contributed by atoms with van der Waals surface area (Å²) in [6, 6.07) is 8.09. The molecule has 2 N–H and O–H groups in total. The van der Waals surface area contributed by atoms with Gasteiger partial charge in [0.1, 0.15) is 5.01 Å². The van der Waals surface area contributed by atoms with Crippen molar-refractivity contribution in [2.45, 2.75) is 26.3 Å². The topological polar surface area (TPSA) is 54.0 Å². The van der Waals surface area contributed by atoms with Gasteiger partial charge in [-0.15, -0.1) is 11.3 Å². The van der Waals surface area contributed by atoms with Crippen molar-refractivity contribution in [2.24, 2.45) is 0 Å². The molecule has 1 aromatic carbocycles. The minimum Gasteiger partial charge on any atom is -0.325 e. The van der Waals surface area contributed by atoms with Crippen LogP contribution in [-0.4, -0.2) is 23.5 Å². The van der Waals surface area contributed by atoms with E-state index < -0.39 is 0 Å². The number of nitrogens with zero attached hydrogens (tertiary/aromatic N) is 1. The van der Waals surface area contributed by atoms with Crippen molar-refractivity contribution in [3.63, 3.8) is 0 Å². The standard InChI is InChI=1S/C15H19N3OS/c1-3-11(2)17-10-14(19)18-13-6-4-12(5-7-13)15-16-8-9-20-15/h4-9,11,17H,3,10H2,1-2H3,(H,18,19). The molecule has 0 fully saturated rings. The van der Waals surface area contributed by atoms with Crippen LogP contribution in [0.25, 0.3) is 10.6 Å². The number of aromatic nitrogens is 1. The Balaban J connectivity index is 1.89. The average molecular weight is 289 g/mol. The highest BCUT2D eigenvalue weighted by Gasteiger charge is 2.05. The molecule has 1 amide bonds. The molecule has 0 bridgehead atoms. The second-order valence-corrected chi connectivity index (χ2v) is 5.55. The highest BCUT2D eigenvalue weighted by molar-refractivity contribution is 7.13. The van der Waals surface area contributed by atoms with Gasteiger partial charge in [-0.1, -0.05) is 6.92 Å². The molecule has 2 rings (SSSR count). The van der Waals surface area contributed by atoms with Gasteiger partial charge in [0.05, 0.1) is 6.54 Å². The van der Waals surface area contributed by atoms with Crippen LogP contribution in [0.5, 0.6) is 0 Å². The molecule has 106 valence electrons. The molecular weight excluding hydrogens is 270 g/mol. The number of benzene rings is 1. The van der Waals surface area contributed by atoms with E-state index in [1.54, 1.807) is 17.5 Å². The Kier molecular flexibility index (Phi) is 5.26. The predicted octanol–water partition coefficient (Wildman–Crippen LogP) is 3.14. The van der Waals surface area contributed by atoms with Crippen LogP contribution in [-0.2, 0) is 4.79 Å². The number of thiazole rings is 1. The summed E-state index contributed by atoms with van der Waals surface area (Å²) in [7, 11) is 0. The van der Waals surface area contributed by atoms with Crippen molar-refractivity contribution >= 4 is 22.9 Å². The lowest BCUT2D eigenvalue weighted by Crippen LogP contribution is -2.33. The van der Waals surface area contributed by atoms with Crippen LogP contribution in [0.2, 0.25) is 0 Å². The van der Waals surface area contributed by atoms with Gasteiger partial charge in [-0.05, 0) is 37.6 Å². The SMILES string of the molecule is CCC(C)NCC(=O)Nc1ccc(-c2nccs2)cc1. The summed E-state index contributed by atoms with van der Waals surface area (Å²) in [6.45, 7) is 4.49. The third-order valence-electron chi connectivity index (χ3n) is 3.07. The fourth-order valence-corrected chi connectivity index (χ4v) is 2.32. The zero-order chi connectivity index (χ0) is 14.4. The Morgan fingerprint density at radius 2 is 2.10 bits per heavy atom. The van der Waals surface area contributed by atoms with Crippen molar-refractivity contribution < 1.29 is 4.79 Å². The fraction of sp³-hybridized carbons (Fsp3) is 0.333. The maximum Gasteiger partial charge on any atom is 0.238 e. The van der Waals surface area contributed by atoms with Crippen LogP contribution in [0.4, 0.5) is 5.69 Å². The minimum absolute atomic E-state index is 0.0210. The first-order chi connectivity index (χ1) is 9.69. The molecule has 0 spiro atoms. The zero-order valence-electron chi connectivity index (χ0n) is 11.7. The monoisotopic (exact) mass is 289 g/mol. The van der Waals surface area contributed by atoms with Gasteiger partial charge in [0.25, 0.3) is 0 Å². The van der Waals surface area contributed by atoms with Crippen molar-refractivity contribution in [2.75, 3.05) is 11.9 Å². The molecule has 2 aromatic rings. The van der Waals surface area contributed by atoms with Crippen LogP contribution in [0.1, 0.15) is 20.3 Å². The maximum absolute atomic E-state index is 11.8. The highest BCUT2D eigenvalue weighted by atomic mass is 32.1. The van der Waals surface area contributed by atoms with Crippen LogP contribution < -0.4 is 10.6 Å². The lowest BCUT2D eigenvalue weighted by atomic mass is 10.2. The third kappa shape index (κ3) is 4.15. The number of carbonyl (C=O) groups is 1. The van der Waals surface area contributed by atoms with Gasteiger partial charge in [0, 0.05) is 28.9 Å². The molecule has 0 saturated heterocycles. The lowest BCUT2D eigenvalue weighted by Gasteiger charge is -2.11. The van der Waals surface area contributed by atoms with Crippen molar-refractivity contribution in [3.8, 4) is 10.6 Å². The van der Waals surface area contributed by atoms with E-state index >= 15 is 0 Å². The molecule has 0 radical (unpaired) electrons. The average Bonchev–Trinajstić information content (AvgIpc) is 2.99. The summed E-state index contributed by atoms with van der Waals surface area (Å²) in [4.78, 5) is 16.0. The Labute approximate surface area is 123 Å². The molecule has 4 nitrogen and oxygen atoms in total. The molecule has 0 aliphatic heterocycles. The molecule has 0 saturated carbocycles. The summed E-state index contributed by atoms with van der Waals surface area (Å²) in [6.07, 6.45) is 2.80. The number of nitrogens with one attached hydrogen (secondary N) is 2. The number of hydrogen-bond donors (Lipinski definition) is 2. The smallest absolute Gasteiger partial charge is 0.238 e. The summed E-state index contributed by atoms with van der Waals surface area (Å²) in [5.74, 6) is -0.0210. The van der Waals surface area contributed by atoms with Gasteiger partial charge < -0.3 is 10.6 Å². The Hall–Kier alpha value is -1.72. The molecule has 0 aliphatic carbocycles. The van der Waals surface area contributed by atoms with Gasteiger partial charge in [0.2, 0.25) is 5.91 Å².